The molecule has 3 rings (SSSR count). The summed E-state index contributed by atoms with van der Waals surface area (Å²) in [6, 6.07) is 7.91. The lowest BCUT2D eigenvalue weighted by Gasteiger charge is -2.30. The number of aromatic nitrogens is 3. The average molecular weight is 435 g/mol. The maximum atomic E-state index is 14.0. The molecule has 2 N–H and O–H groups in total. The Morgan fingerprint density at radius 2 is 1.61 bits per heavy atom. The van der Waals surface area contributed by atoms with Crippen LogP contribution in [0.1, 0.15) is 43.5 Å². The van der Waals surface area contributed by atoms with Crippen LogP contribution < -0.4 is 0 Å². The molecule has 0 aliphatic carbocycles. The summed E-state index contributed by atoms with van der Waals surface area (Å²) in [4.78, 5) is 11.1. The number of H-pyrrole nitrogens is 1. The van der Waals surface area contributed by atoms with Gasteiger partial charge in [-0.15, -0.1) is 0 Å². The van der Waals surface area contributed by atoms with Gasteiger partial charge in [0.25, 0.3) is 0 Å². The fraction of sp³-hybridized carbons (Fsp3) is 0.391. The molecule has 1 atom stereocenters. The lowest BCUT2D eigenvalue weighted by Crippen LogP contribution is -2.44. The number of hydrogen-bond acceptors (Lipinski definition) is 3. The Hall–Kier alpha value is -2.74. The van der Waals surface area contributed by atoms with E-state index in [0.29, 0.717) is 29.1 Å². The molecule has 0 fully saturated rings. The second kappa shape index (κ2) is 8.07. The van der Waals surface area contributed by atoms with Crippen LogP contribution in [0, 0.1) is 18.2 Å². The molecule has 2 heterocycles. The molecule has 1 unspecified atom stereocenters. The van der Waals surface area contributed by atoms with Gasteiger partial charge in [0.2, 0.25) is 0 Å². The number of aromatic amines is 1. The molecule has 166 valence electrons. The zero-order valence-electron chi connectivity index (χ0n) is 17.8. The third kappa shape index (κ3) is 5.12. The molecule has 0 bridgehead atoms. The van der Waals surface area contributed by atoms with Crippen molar-refractivity contribution in [2.24, 2.45) is 5.41 Å². The fourth-order valence-electron chi connectivity index (χ4n) is 3.39. The molecular weight excluding hydrogens is 410 g/mol. The van der Waals surface area contributed by atoms with Gasteiger partial charge in [-0.05, 0) is 36.5 Å². The van der Waals surface area contributed by atoms with E-state index in [2.05, 4.69) is 15.0 Å². The minimum atomic E-state index is -4.92. The smallest absolute Gasteiger partial charge is 0.376 e. The van der Waals surface area contributed by atoms with Gasteiger partial charge in [0.05, 0.1) is 17.6 Å². The summed E-state index contributed by atoms with van der Waals surface area (Å²) in [7, 11) is 0. The highest BCUT2D eigenvalue weighted by Crippen LogP contribution is 2.41. The topological polar surface area (TPSA) is 61.8 Å². The quantitative estimate of drug-likeness (QED) is 0.520. The van der Waals surface area contributed by atoms with Crippen LogP contribution in [0.5, 0.6) is 0 Å². The van der Waals surface area contributed by atoms with E-state index >= 15 is 0 Å². The Balaban J connectivity index is 1.93. The van der Waals surface area contributed by atoms with E-state index in [0.717, 1.165) is 6.20 Å². The van der Waals surface area contributed by atoms with E-state index in [-0.39, 0.29) is 16.8 Å². The predicted octanol–water partition coefficient (Wildman–Crippen LogP) is 5.50. The average Bonchev–Trinajstić information content (AvgIpc) is 2.98. The Labute approximate surface area is 178 Å². The highest BCUT2D eigenvalue weighted by Gasteiger charge is 2.55. The van der Waals surface area contributed by atoms with Crippen LogP contribution in [0.15, 0.2) is 42.6 Å². The third-order valence-electron chi connectivity index (χ3n) is 5.01. The first kappa shape index (κ1) is 22.9. The van der Waals surface area contributed by atoms with Crippen LogP contribution in [0.25, 0.3) is 11.3 Å². The van der Waals surface area contributed by atoms with E-state index < -0.39 is 24.0 Å². The van der Waals surface area contributed by atoms with Crippen molar-refractivity contribution in [1.82, 2.24) is 15.0 Å². The predicted molar refractivity (Wildman–Crippen MR) is 110 cm³/mol. The van der Waals surface area contributed by atoms with Crippen molar-refractivity contribution in [1.29, 1.82) is 0 Å². The number of halogens is 4. The van der Waals surface area contributed by atoms with Gasteiger partial charge >= 0.3 is 6.18 Å². The normalized spacial score (nSPS) is 14.5. The summed E-state index contributed by atoms with van der Waals surface area (Å²) in [6.45, 7) is 7.81. The van der Waals surface area contributed by atoms with Gasteiger partial charge in [-0.25, -0.2) is 9.37 Å². The van der Waals surface area contributed by atoms with Gasteiger partial charge in [0, 0.05) is 17.7 Å². The van der Waals surface area contributed by atoms with Gasteiger partial charge in [-0.2, -0.15) is 13.2 Å². The first-order valence-corrected chi connectivity index (χ1v) is 9.84. The molecule has 1 aromatic carbocycles. The summed E-state index contributed by atoms with van der Waals surface area (Å²) < 4.78 is 55.0. The van der Waals surface area contributed by atoms with Gasteiger partial charge < -0.3 is 10.1 Å². The van der Waals surface area contributed by atoms with Gasteiger partial charge in [0.1, 0.15) is 11.6 Å². The maximum Gasteiger partial charge on any atom is 0.421 e. The zero-order chi connectivity index (χ0) is 23.0. The van der Waals surface area contributed by atoms with Crippen LogP contribution >= 0.6 is 0 Å². The van der Waals surface area contributed by atoms with Crippen LogP contribution in [-0.2, 0) is 18.4 Å². The van der Waals surface area contributed by atoms with E-state index in [1.54, 1.807) is 6.92 Å². The Morgan fingerprint density at radius 1 is 0.968 bits per heavy atom. The molecular formula is C23H25F4N3O. The molecule has 0 amide bonds. The van der Waals surface area contributed by atoms with Crippen LogP contribution in [0.4, 0.5) is 17.6 Å². The highest BCUT2D eigenvalue weighted by atomic mass is 19.4. The molecule has 0 saturated heterocycles. The number of aliphatic hydroxyl groups is 1. The van der Waals surface area contributed by atoms with Crippen molar-refractivity contribution >= 4 is 0 Å². The molecule has 2 aromatic heterocycles. The van der Waals surface area contributed by atoms with Crippen molar-refractivity contribution in [2.45, 2.75) is 52.3 Å². The lowest BCUT2D eigenvalue weighted by molar-refractivity contribution is -0.266. The van der Waals surface area contributed by atoms with Gasteiger partial charge in [-0.3, -0.25) is 4.98 Å². The minimum absolute atomic E-state index is 0.0702. The number of rotatable bonds is 5. The number of aryl methyl sites for hydroxylation is 1. The summed E-state index contributed by atoms with van der Waals surface area (Å²) in [5, 5.41) is 10.8. The molecule has 0 saturated carbocycles. The molecule has 8 heteroatoms. The molecule has 3 aromatic rings. The zero-order valence-corrected chi connectivity index (χ0v) is 17.8. The third-order valence-corrected chi connectivity index (χ3v) is 5.01. The van der Waals surface area contributed by atoms with E-state index in [4.69, 9.17) is 0 Å². The number of hydrogen-bond donors (Lipinski definition) is 2. The second-order valence-electron chi connectivity index (χ2n) is 8.97. The van der Waals surface area contributed by atoms with E-state index in [9.17, 15) is 22.7 Å². The summed E-state index contributed by atoms with van der Waals surface area (Å²) in [5.41, 5.74) is -1.21. The van der Waals surface area contributed by atoms with Gasteiger partial charge in [-0.1, -0.05) is 45.0 Å². The highest BCUT2D eigenvalue weighted by molar-refractivity contribution is 5.59. The summed E-state index contributed by atoms with van der Waals surface area (Å²) in [5.74, 6) is -0.438. The molecule has 31 heavy (non-hydrogen) atoms. The number of nitrogens with one attached hydrogen (secondary N) is 1. The number of benzene rings is 1. The van der Waals surface area contributed by atoms with Crippen LogP contribution in [0.2, 0.25) is 0 Å². The monoisotopic (exact) mass is 435 g/mol. The molecule has 0 spiro atoms. The Bertz CT molecular complexity index is 1030. The largest absolute Gasteiger partial charge is 0.421 e. The maximum absolute atomic E-state index is 14.0. The second-order valence-corrected chi connectivity index (χ2v) is 8.97. The fourth-order valence-corrected chi connectivity index (χ4v) is 3.39. The number of imidazole rings is 1. The lowest BCUT2D eigenvalue weighted by atomic mass is 9.88. The summed E-state index contributed by atoms with van der Waals surface area (Å²) in [6.07, 6.45) is -4.04. The minimum Gasteiger partial charge on any atom is -0.376 e. The molecule has 0 aliphatic rings. The first-order valence-electron chi connectivity index (χ1n) is 9.84. The van der Waals surface area contributed by atoms with Crippen molar-refractivity contribution in [2.75, 3.05) is 0 Å². The van der Waals surface area contributed by atoms with Crippen LogP contribution in [0.3, 0.4) is 0 Å². The SMILES string of the molecule is Cc1[nH]c(CC(O)(c2ccc(-c3ccc(F)cn3)cc2)C(F)(F)F)nc1CC(C)(C)C. The van der Waals surface area contributed by atoms with Gasteiger partial charge in [0.15, 0.2) is 5.60 Å². The first-order chi connectivity index (χ1) is 14.3. The Morgan fingerprint density at radius 3 is 2.13 bits per heavy atom. The van der Waals surface area contributed by atoms with E-state index in [1.165, 1.54) is 36.4 Å². The molecule has 0 aliphatic heterocycles. The molecule has 4 nitrogen and oxygen atoms in total. The number of pyridine rings is 1. The van der Waals surface area contributed by atoms with Crippen molar-refractivity contribution < 1.29 is 22.7 Å². The number of alkyl halides is 3. The summed E-state index contributed by atoms with van der Waals surface area (Å²) >= 11 is 0. The Kier molecular flexibility index (Phi) is 5.97. The number of nitrogens with zero attached hydrogens (tertiary/aromatic N) is 2. The van der Waals surface area contributed by atoms with E-state index in [1.807, 2.05) is 20.8 Å². The standard InChI is InChI=1S/C23H25F4N3O/c1-14-19(11-21(2,3)4)30-20(29-14)12-22(31,23(25,26)27)16-7-5-15(6-8-16)18-10-9-17(24)13-28-18/h5-10,13,31H,11-12H2,1-4H3,(H,29,30). The van der Waals surface area contributed by atoms with Crippen molar-refractivity contribution in [3.8, 4) is 11.3 Å². The van der Waals surface area contributed by atoms with Crippen LogP contribution in [-0.4, -0.2) is 26.2 Å². The van der Waals surface area contributed by atoms with Crippen molar-refractivity contribution in [3.63, 3.8) is 0 Å². The molecule has 0 radical (unpaired) electrons. The van der Waals surface area contributed by atoms with Crippen molar-refractivity contribution in [3.05, 3.63) is 71.2 Å².